The minimum atomic E-state index is 0.0820. The van der Waals surface area contributed by atoms with E-state index in [1.165, 1.54) is 0 Å². The molecule has 0 unspecified atom stereocenters. The van der Waals surface area contributed by atoms with Gasteiger partial charge in [-0.3, -0.25) is 0 Å². The number of aromatic hydroxyl groups is 1. The molecule has 24 heavy (non-hydrogen) atoms. The lowest BCUT2D eigenvalue weighted by Gasteiger charge is -2.10. The lowest BCUT2D eigenvalue weighted by molar-refractivity contribution is 0.306. The van der Waals surface area contributed by atoms with Crippen molar-refractivity contribution in [2.45, 2.75) is 13.2 Å². The highest BCUT2D eigenvalue weighted by Gasteiger charge is 2.01. The Bertz CT molecular complexity index is 806. The third-order valence-corrected chi connectivity index (χ3v) is 3.89. The highest BCUT2D eigenvalue weighted by Crippen LogP contribution is 2.26. The predicted octanol–water partition coefficient (Wildman–Crippen LogP) is 5.24. The van der Waals surface area contributed by atoms with Crippen LogP contribution in [0.15, 0.2) is 72.8 Å². The summed E-state index contributed by atoms with van der Waals surface area (Å²) in [6.45, 7) is 1.19. The molecular weight excluding hydrogens is 322 g/mol. The van der Waals surface area contributed by atoms with Crippen LogP contribution in [0.5, 0.6) is 11.5 Å². The lowest BCUT2D eigenvalue weighted by Crippen LogP contribution is -2.00. The van der Waals surface area contributed by atoms with Gasteiger partial charge in [-0.15, -0.1) is 0 Å². The highest BCUT2D eigenvalue weighted by molar-refractivity contribution is 6.32. The van der Waals surface area contributed by atoms with Crippen molar-refractivity contribution < 1.29 is 9.84 Å². The van der Waals surface area contributed by atoms with Gasteiger partial charge in [-0.2, -0.15) is 0 Å². The predicted molar refractivity (Wildman–Crippen MR) is 97.7 cm³/mol. The average molecular weight is 340 g/mol. The van der Waals surface area contributed by atoms with Gasteiger partial charge in [0.05, 0.1) is 5.02 Å². The normalized spacial score (nSPS) is 10.4. The first-order valence-electron chi connectivity index (χ1n) is 7.69. The van der Waals surface area contributed by atoms with Crippen molar-refractivity contribution >= 4 is 17.3 Å². The molecule has 0 spiro atoms. The quantitative estimate of drug-likeness (QED) is 0.604. The van der Waals surface area contributed by atoms with Gasteiger partial charge < -0.3 is 15.2 Å². The maximum Gasteiger partial charge on any atom is 0.134 e. The van der Waals surface area contributed by atoms with Crippen LogP contribution >= 0.6 is 11.6 Å². The summed E-state index contributed by atoms with van der Waals surface area (Å²) in [6.07, 6.45) is 0. The molecular formula is C20H18ClNO2. The molecule has 0 saturated heterocycles. The maximum atomic E-state index is 9.44. The summed E-state index contributed by atoms with van der Waals surface area (Å²) < 4.78 is 5.84. The van der Waals surface area contributed by atoms with E-state index < -0.39 is 0 Å². The molecule has 0 amide bonds. The SMILES string of the molecule is Oc1ccc(NCc2cccc(OCc3ccccc3)c2)cc1Cl. The minimum Gasteiger partial charge on any atom is -0.506 e. The molecule has 3 aromatic carbocycles. The Morgan fingerprint density at radius 2 is 1.67 bits per heavy atom. The molecule has 0 heterocycles. The molecule has 0 radical (unpaired) electrons. The highest BCUT2D eigenvalue weighted by atomic mass is 35.5. The van der Waals surface area contributed by atoms with Gasteiger partial charge in [0.2, 0.25) is 0 Å². The van der Waals surface area contributed by atoms with Gasteiger partial charge in [0.15, 0.2) is 0 Å². The number of ether oxygens (including phenoxy) is 1. The van der Waals surface area contributed by atoms with E-state index in [2.05, 4.69) is 5.32 Å². The van der Waals surface area contributed by atoms with Crippen LogP contribution in [-0.4, -0.2) is 5.11 Å². The van der Waals surface area contributed by atoms with Crippen LogP contribution in [-0.2, 0) is 13.2 Å². The van der Waals surface area contributed by atoms with Gasteiger partial charge in [-0.25, -0.2) is 0 Å². The molecule has 0 bridgehead atoms. The number of hydrogen-bond donors (Lipinski definition) is 2. The molecule has 2 N–H and O–H groups in total. The Morgan fingerprint density at radius 3 is 2.46 bits per heavy atom. The van der Waals surface area contributed by atoms with Gasteiger partial charge in [0, 0.05) is 12.2 Å². The summed E-state index contributed by atoms with van der Waals surface area (Å²) in [7, 11) is 0. The van der Waals surface area contributed by atoms with Crippen LogP contribution in [0.25, 0.3) is 0 Å². The van der Waals surface area contributed by atoms with Gasteiger partial charge in [0.1, 0.15) is 18.1 Å². The fourth-order valence-corrected chi connectivity index (χ4v) is 2.49. The molecule has 4 heteroatoms. The van der Waals surface area contributed by atoms with Crippen LogP contribution in [0.4, 0.5) is 5.69 Å². The van der Waals surface area contributed by atoms with E-state index in [1.54, 1.807) is 18.2 Å². The number of nitrogens with one attached hydrogen (secondary N) is 1. The summed E-state index contributed by atoms with van der Waals surface area (Å²) in [6, 6.07) is 23.1. The van der Waals surface area contributed by atoms with E-state index in [9.17, 15) is 5.11 Å². The molecule has 0 atom stereocenters. The van der Waals surface area contributed by atoms with E-state index in [-0.39, 0.29) is 5.75 Å². The molecule has 0 aliphatic rings. The Hall–Kier alpha value is -2.65. The van der Waals surface area contributed by atoms with Gasteiger partial charge in [0.25, 0.3) is 0 Å². The Balaban J connectivity index is 1.59. The molecule has 3 aromatic rings. The average Bonchev–Trinajstić information content (AvgIpc) is 2.62. The van der Waals surface area contributed by atoms with Crippen LogP contribution in [0, 0.1) is 0 Å². The zero-order valence-electron chi connectivity index (χ0n) is 13.1. The smallest absolute Gasteiger partial charge is 0.134 e. The van der Waals surface area contributed by atoms with Crippen LogP contribution in [0.1, 0.15) is 11.1 Å². The number of phenolic OH excluding ortho intramolecular Hbond substituents is 1. The first kappa shape index (κ1) is 16.2. The van der Waals surface area contributed by atoms with Crippen LogP contribution < -0.4 is 10.1 Å². The second-order valence-corrected chi connectivity index (χ2v) is 5.85. The number of halogens is 1. The monoisotopic (exact) mass is 339 g/mol. The Kier molecular flexibility index (Phi) is 5.24. The fraction of sp³-hybridized carbons (Fsp3) is 0.100. The number of anilines is 1. The molecule has 0 fully saturated rings. The topological polar surface area (TPSA) is 41.5 Å². The van der Waals surface area contributed by atoms with Crippen molar-refractivity contribution in [3.63, 3.8) is 0 Å². The second kappa shape index (κ2) is 7.75. The third-order valence-electron chi connectivity index (χ3n) is 3.59. The first-order chi connectivity index (χ1) is 11.7. The van der Waals surface area contributed by atoms with Crippen LogP contribution in [0.3, 0.4) is 0 Å². The Morgan fingerprint density at radius 1 is 0.875 bits per heavy atom. The molecule has 122 valence electrons. The Labute approximate surface area is 146 Å². The minimum absolute atomic E-state index is 0.0820. The molecule has 3 rings (SSSR count). The zero-order valence-corrected chi connectivity index (χ0v) is 13.8. The van der Waals surface area contributed by atoms with Crippen LogP contribution in [0.2, 0.25) is 5.02 Å². The van der Waals surface area contributed by atoms with E-state index in [0.717, 1.165) is 22.6 Å². The van der Waals surface area contributed by atoms with E-state index >= 15 is 0 Å². The summed E-state index contributed by atoms with van der Waals surface area (Å²) in [5.41, 5.74) is 3.10. The van der Waals surface area contributed by atoms with Crippen molar-refractivity contribution in [1.29, 1.82) is 0 Å². The number of phenols is 1. The van der Waals surface area contributed by atoms with Crippen molar-refractivity contribution in [3.8, 4) is 11.5 Å². The molecule has 0 aromatic heterocycles. The van der Waals surface area contributed by atoms with Crippen molar-refractivity contribution in [2.75, 3.05) is 5.32 Å². The summed E-state index contributed by atoms with van der Waals surface area (Å²) in [4.78, 5) is 0. The lowest BCUT2D eigenvalue weighted by atomic mass is 10.2. The zero-order chi connectivity index (χ0) is 16.8. The fourth-order valence-electron chi connectivity index (χ4n) is 2.31. The summed E-state index contributed by atoms with van der Waals surface area (Å²) in [5, 5.41) is 13.1. The number of benzene rings is 3. The number of rotatable bonds is 6. The second-order valence-electron chi connectivity index (χ2n) is 5.44. The third kappa shape index (κ3) is 4.43. The molecule has 0 aliphatic carbocycles. The largest absolute Gasteiger partial charge is 0.506 e. The summed E-state index contributed by atoms with van der Waals surface area (Å²) >= 11 is 5.91. The van der Waals surface area contributed by atoms with Crippen molar-refractivity contribution in [1.82, 2.24) is 0 Å². The summed E-state index contributed by atoms with van der Waals surface area (Å²) in [5.74, 6) is 0.917. The van der Waals surface area contributed by atoms with Crippen molar-refractivity contribution in [3.05, 3.63) is 88.9 Å². The first-order valence-corrected chi connectivity index (χ1v) is 8.06. The van der Waals surface area contributed by atoms with Crippen molar-refractivity contribution in [2.24, 2.45) is 0 Å². The van der Waals surface area contributed by atoms with E-state index in [1.807, 2.05) is 54.6 Å². The van der Waals surface area contributed by atoms with Gasteiger partial charge >= 0.3 is 0 Å². The molecule has 0 saturated carbocycles. The molecule has 3 nitrogen and oxygen atoms in total. The molecule has 0 aliphatic heterocycles. The standard InChI is InChI=1S/C20H18ClNO2/c21-19-12-17(9-10-20(19)23)22-13-16-7-4-8-18(11-16)24-14-15-5-2-1-3-6-15/h1-12,22-23H,13-14H2. The number of hydrogen-bond acceptors (Lipinski definition) is 3. The maximum absolute atomic E-state index is 9.44. The van der Waals surface area contributed by atoms with E-state index in [0.29, 0.717) is 18.2 Å². The van der Waals surface area contributed by atoms with Gasteiger partial charge in [-0.1, -0.05) is 54.1 Å². The van der Waals surface area contributed by atoms with E-state index in [4.69, 9.17) is 16.3 Å². The van der Waals surface area contributed by atoms with Gasteiger partial charge in [-0.05, 0) is 41.5 Å².